The molecule has 0 spiro atoms. The third-order valence-corrected chi connectivity index (χ3v) is 6.18. The Morgan fingerprint density at radius 1 is 1.09 bits per heavy atom. The molecule has 2 aromatic heterocycles. The Morgan fingerprint density at radius 3 is 2.44 bits per heavy atom. The smallest absolute Gasteiger partial charge is 0.328 e. The number of amides is 1. The molecule has 1 fully saturated rings. The topological polar surface area (TPSA) is 98.5 Å². The molecule has 32 heavy (non-hydrogen) atoms. The van der Waals surface area contributed by atoms with E-state index in [-0.39, 0.29) is 24.6 Å². The first kappa shape index (κ1) is 20.0. The van der Waals surface area contributed by atoms with Gasteiger partial charge in [-0.3, -0.25) is 14.0 Å². The van der Waals surface area contributed by atoms with E-state index in [0.717, 1.165) is 5.56 Å². The molecular formula is C23H23N5O4. The van der Waals surface area contributed by atoms with Crippen molar-refractivity contribution < 1.29 is 14.7 Å². The van der Waals surface area contributed by atoms with Crippen molar-refractivity contribution in [3.63, 3.8) is 0 Å². The predicted molar refractivity (Wildman–Crippen MR) is 119 cm³/mol. The molecular weight excluding hydrogens is 410 g/mol. The molecule has 0 saturated carbocycles. The summed E-state index contributed by atoms with van der Waals surface area (Å²) in [5, 5.41) is 9.82. The van der Waals surface area contributed by atoms with E-state index < -0.39 is 12.0 Å². The van der Waals surface area contributed by atoms with E-state index in [1.807, 2.05) is 24.0 Å². The maximum Gasteiger partial charge on any atom is 0.328 e. The standard InChI is InChI=1S/C23H23N5O4/c1-14-7-17(27-13-21(30)25(2)12-18(27)23(31)32)22-24-19(8-20(29)28(22)9-14)26-10-15-5-3-4-6-16(15)11-26/h3-9,18H,10-13H2,1-2H3,(H,31,32). The van der Waals surface area contributed by atoms with E-state index in [4.69, 9.17) is 4.98 Å². The number of nitrogens with zero attached hydrogens (tertiary/aromatic N) is 5. The lowest BCUT2D eigenvalue weighted by atomic mass is 10.1. The van der Waals surface area contributed by atoms with Crippen molar-refractivity contribution in [1.82, 2.24) is 14.3 Å². The molecule has 9 heteroatoms. The molecule has 3 aromatic rings. The highest BCUT2D eigenvalue weighted by molar-refractivity contribution is 5.91. The SMILES string of the molecule is Cc1cc(N2CC(=O)N(C)CC2C(=O)O)c2nc(N3Cc4ccccc4C3)cc(=O)n2c1. The number of fused-ring (bicyclic) bond motifs is 2. The van der Waals surface area contributed by atoms with Gasteiger partial charge in [0.05, 0.1) is 18.8 Å². The van der Waals surface area contributed by atoms with E-state index in [1.54, 1.807) is 24.2 Å². The number of carbonyl (C=O) groups excluding carboxylic acids is 1. The molecule has 2 aliphatic heterocycles. The number of likely N-dealkylation sites (N-methyl/N-ethyl adjacent to an activating group) is 1. The van der Waals surface area contributed by atoms with Gasteiger partial charge in [0, 0.05) is 32.4 Å². The summed E-state index contributed by atoms with van der Waals surface area (Å²) < 4.78 is 1.43. The molecule has 4 heterocycles. The zero-order valence-electron chi connectivity index (χ0n) is 17.9. The number of piperazine rings is 1. The van der Waals surface area contributed by atoms with Gasteiger partial charge in [-0.25, -0.2) is 9.78 Å². The number of aliphatic carboxylic acids is 1. The fraction of sp³-hybridized carbons (Fsp3) is 0.304. The van der Waals surface area contributed by atoms with Crippen LogP contribution in [-0.4, -0.2) is 57.4 Å². The Morgan fingerprint density at radius 2 is 1.78 bits per heavy atom. The summed E-state index contributed by atoms with van der Waals surface area (Å²) >= 11 is 0. The van der Waals surface area contributed by atoms with Gasteiger partial charge in [-0.1, -0.05) is 24.3 Å². The zero-order chi connectivity index (χ0) is 22.6. The summed E-state index contributed by atoms with van der Waals surface area (Å²) in [6, 6.07) is 10.5. The van der Waals surface area contributed by atoms with Crippen LogP contribution in [0.5, 0.6) is 0 Å². The van der Waals surface area contributed by atoms with Crippen LogP contribution in [0, 0.1) is 6.92 Å². The quantitative estimate of drug-likeness (QED) is 0.664. The number of anilines is 2. The molecule has 2 aliphatic rings. The number of carboxylic acids is 1. The van der Waals surface area contributed by atoms with Crippen molar-refractivity contribution in [2.24, 2.45) is 0 Å². The lowest BCUT2D eigenvalue weighted by molar-refractivity contribution is -0.141. The maximum absolute atomic E-state index is 13.0. The lowest BCUT2D eigenvalue weighted by Gasteiger charge is -2.38. The van der Waals surface area contributed by atoms with E-state index >= 15 is 0 Å². The second-order valence-corrected chi connectivity index (χ2v) is 8.43. The Kier molecular flexibility index (Phi) is 4.61. The average molecular weight is 433 g/mol. The van der Waals surface area contributed by atoms with Gasteiger partial charge >= 0.3 is 5.97 Å². The second kappa shape index (κ2) is 7.37. The van der Waals surface area contributed by atoms with E-state index in [9.17, 15) is 19.5 Å². The number of aryl methyl sites for hydroxylation is 1. The molecule has 1 N–H and O–H groups in total. The molecule has 9 nitrogen and oxygen atoms in total. The van der Waals surface area contributed by atoms with E-state index in [1.165, 1.54) is 26.5 Å². The van der Waals surface area contributed by atoms with Crippen LogP contribution in [0.3, 0.4) is 0 Å². The number of carboxylic acid groups (broad SMARTS) is 1. The van der Waals surface area contributed by atoms with Crippen LogP contribution in [-0.2, 0) is 22.7 Å². The van der Waals surface area contributed by atoms with Crippen LogP contribution in [0.2, 0.25) is 0 Å². The van der Waals surface area contributed by atoms with Crippen LogP contribution in [0.15, 0.2) is 47.4 Å². The third-order valence-electron chi connectivity index (χ3n) is 6.18. The monoisotopic (exact) mass is 433 g/mol. The summed E-state index contributed by atoms with van der Waals surface area (Å²) in [5.41, 5.74) is 3.71. The molecule has 0 radical (unpaired) electrons. The largest absolute Gasteiger partial charge is 0.480 e. The van der Waals surface area contributed by atoms with E-state index in [2.05, 4.69) is 12.1 Å². The van der Waals surface area contributed by atoms with Gasteiger partial charge in [0.25, 0.3) is 5.56 Å². The molecule has 5 rings (SSSR count). The van der Waals surface area contributed by atoms with Gasteiger partial charge in [0.1, 0.15) is 11.9 Å². The maximum atomic E-state index is 13.0. The summed E-state index contributed by atoms with van der Waals surface area (Å²) in [6.07, 6.45) is 1.68. The molecule has 1 saturated heterocycles. The van der Waals surface area contributed by atoms with Gasteiger partial charge < -0.3 is 19.8 Å². The molecule has 1 amide bonds. The Labute approximate surface area is 184 Å². The fourth-order valence-electron chi connectivity index (χ4n) is 4.47. The molecule has 1 unspecified atom stereocenters. The van der Waals surface area contributed by atoms with Gasteiger partial charge in [0.15, 0.2) is 5.65 Å². The normalized spacial score (nSPS) is 18.4. The van der Waals surface area contributed by atoms with Gasteiger partial charge in [-0.15, -0.1) is 0 Å². The lowest BCUT2D eigenvalue weighted by Crippen LogP contribution is -2.58. The van der Waals surface area contributed by atoms with Crippen LogP contribution in [0.1, 0.15) is 16.7 Å². The number of rotatable bonds is 3. The number of pyridine rings is 1. The Bertz CT molecular complexity index is 1290. The van der Waals surface area contributed by atoms with Gasteiger partial charge in [-0.05, 0) is 29.7 Å². The minimum atomic E-state index is -1.03. The molecule has 164 valence electrons. The van der Waals surface area contributed by atoms with Gasteiger partial charge in [0.2, 0.25) is 5.91 Å². The van der Waals surface area contributed by atoms with Crippen molar-refractivity contribution in [3.05, 3.63) is 69.6 Å². The highest BCUT2D eigenvalue weighted by atomic mass is 16.4. The summed E-state index contributed by atoms with van der Waals surface area (Å²) in [7, 11) is 1.59. The summed E-state index contributed by atoms with van der Waals surface area (Å²) in [6.45, 7) is 3.07. The van der Waals surface area contributed by atoms with Crippen LogP contribution in [0.4, 0.5) is 11.5 Å². The van der Waals surface area contributed by atoms with Crippen molar-refractivity contribution in [3.8, 4) is 0 Å². The minimum absolute atomic E-state index is 0.0552. The first-order valence-corrected chi connectivity index (χ1v) is 10.4. The molecule has 1 atom stereocenters. The Balaban J connectivity index is 1.64. The predicted octanol–water partition coefficient (Wildman–Crippen LogP) is 1.25. The van der Waals surface area contributed by atoms with Crippen molar-refractivity contribution >= 4 is 29.0 Å². The highest BCUT2D eigenvalue weighted by Gasteiger charge is 2.36. The second-order valence-electron chi connectivity index (χ2n) is 8.43. The van der Waals surface area contributed by atoms with E-state index in [0.29, 0.717) is 30.2 Å². The number of hydrogen-bond donors (Lipinski definition) is 1. The fourth-order valence-corrected chi connectivity index (χ4v) is 4.47. The Hall–Kier alpha value is -3.88. The summed E-state index contributed by atoms with van der Waals surface area (Å²) in [5.74, 6) is -0.684. The van der Waals surface area contributed by atoms with Crippen molar-refractivity contribution in [2.75, 3.05) is 29.9 Å². The molecule has 0 aliphatic carbocycles. The van der Waals surface area contributed by atoms with Crippen LogP contribution >= 0.6 is 0 Å². The summed E-state index contributed by atoms with van der Waals surface area (Å²) in [4.78, 5) is 47.2. The van der Waals surface area contributed by atoms with Crippen molar-refractivity contribution in [2.45, 2.75) is 26.1 Å². The average Bonchev–Trinajstić information content (AvgIpc) is 3.19. The number of benzene rings is 1. The number of hydrogen-bond acceptors (Lipinski definition) is 6. The molecule has 1 aromatic carbocycles. The third kappa shape index (κ3) is 3.26. The van der Waals surface area contributed by atoms with Crippen LogP contribution < -0.4 is 15.4 Å². The highest BCUT2D eigenvalue weighted by Crippen LogP contribution is 2.30. The number of aromatic nitrogens is 2. The minimum Gasteiger partial charge on any atom is -0.480 e. The van der Waals surface area contributed by atoms with Gasteiger partial charge in [-0.2, -0.15) is 0 Å². The molecule has 0 bridgehead atoms. The zero-order valence-corrected chi connectivity index (χ0v) is 17.9. The number of carbonyl (C=O) groups is 2. The first-order valence-electron chi connectivity index (χ1n) is 10.4. The van der Waals surface area contributed by atoms with Crippen molar-refractivity contribution in [1.29, 1.82) is 0 Å². The first-order chi connectivity index (χ1) is 15.3. The van der Waals surface area contributed by atoms with Crippen LogP contribution in [0.25, 0.3) is 5.65 Å².